The molecule has 1 heterocycles. The Hall–Kier alpha value is -1.26. The van der Waals surface area contributed by atoms with E-state index in [4.69, 9.17) is 11.6 Å². The number of hydrazine groups is 3. The third-order valence-corrected chi connectivity index (χ3v) is 4.92. The molecule has 10 heteroatoms. The third-order valence-electron chi connectivity index (χ3n) is 2.60. The van der Waals surface area contributed by atoms with Gasteiger partial charge in [-0.2, -0.15) is 5.10 Å². The van der Waals surface area contributed by atoms with E-state index in [0.717, 1.165) is 27.2 Å². The first kappa shape index (κ1) is 17.1. The van der Waals surface area contributed by atoms with Crippen molar-refractivity contribution in [3.63, 3.8) is 0 Å². The fourth-order valence-electron chi connectivity index (χ4n) is 1.70. The smallest absolute Gasteiger partial charge is 0.268 e. The van der Waals surface area contributed by atoms with Crippen LogP contribution in [0.15, 0.2) is 43.9 Å². The highest BCUT2D eigenvalue weighted by molar-refractivity contribution is 9.10. The van der Waals surface area contributed by atoms with Crippen molar-refractivity contribution in [1.29, 1.82) is 0 Å². The number of halogens is 2. The number of carbonyl (C=O) groups excluding carboxylic acids is 1. The van der Waals surface area contributed by atoms with Gasteiger partial charge < -0.3 is 0 Å². The average Bonchev–Trinajstić information content (AvgIpc) is 2.91. The van der Waals surface area contributed by atoms with Gasteiger partial charge in [-0.3, -0.25) is 10.9 Å². The van der Waals surface area contributed by atoms with Crippen molar-refractivity contribution in [3.05, 3.63) is 33.9 Å². The number of carbonyl (C=O) groups is 1. The van der Waals surface area contributed by atoms with Crippen molar-refractivity contribution in [2.75, 3.05) is 10.8 Å². The van der Waals surface area contributed by atoms with Crippen LogP contribution in [0.25, 0.3) is 0 Å². The minimum absolute atomic E-state index is 0.274. The maximum absolute atomic E-state index is 11.7. The summed E-state index contributed by atoms with van der Waals surface area (Å²) in [7, 11) is 0. The van der Waals surface area contributed by atoms with Crippen molar-refractivity contribution in [2.45, 2.75) is 11.3 Å². The van der Waals surface area contributed by atoms with E-state index in [1.165, 1.54) is 5.01 Å². The third kappa shape index (κ3) is 4.37. The van der Waals surface area contributed by atoms with Crippen LogP contribution in [0.5, 0.6) is 0 Å². The predicted molar refractivity (Wildman–Crippen MR) is 93.4 cm³/mol. The number of hydrogen-bond acceptors (Lipinski definition) is 6. The largest absolute Gasteiger partial charge is 0.353 e. The van der Waals surface area contributed by atoms with Crippen LogP contribution in [0.1, 0.15) is 6.42 Å². The molecular weight excluding hydrogens is 392 g/mol. The maximum Gasteiger partial charge on any atom is 0.353 e. The molecule has 0 spiro atoms. The summed E-state index contributed by atoms with van der Waals surface area (Å²) >= 11 is 11.0. The van der Waals surface area contributed by atoms with E-state index in [0.29, 0.717) is 5.16 Å². The minimum atomic E-state index is -0.274. The fourth-order valence-corrected chi connectivity index (χ4v) is 3.52. The summed E-state index contributed by atoms with van der Waals surface area (Å²) < 4.78 is 0.914. The van der Waals surface area contributed by atoms with Gasteiger partial charge in [0.1, 0.15) is 5.16 Å². The number of thioether (sulfide) groups is 1. The number of hydrazone groups is 1. The number of nitrogens with one attached hydrogen (secondary N) is 4. The summed E-state index contributed by atoms with van der Waals surface area (Å²) in [5, 5.41) is 5.32. The second-order valence-electron chi connectivity index (χ2n) is 4.05. The lowest BCUT2D eigenvalue weighted by Gasteiger charge is -2.18. The van der Waals surface area contributed by atoms with Crippen molar-refractivity contribution in [3.8, 4) is 0 Å². The van der Waals surface area contributed by atoms with Crippen LogP contribution in [0.3, 0.4) is 0 Å². The van der Waals surface area contributed by atoms with Gasteiger partial charge in [-0.15, -0.1) is 22.8 Å². The van der Waals surface area contributed by atoms with E-state index in [-0.39, 0.29) is 6.03 Å². The summed E-state index contributed by atoms with van der Waals surface area (Å²) in [5.74, 6) is 0.785. The van der Waals surface area contributed by atoms with E-state index in [2.05, 4.69) is 49.7 Å². The SMILES string of the molecule is C=NN/C(Cl)=C\CCSc1c(Br)cccc1N1NNNC1=O. The van der Waals surface area contributed by atoms with Crippen molar-refractivity contribution >= 4 is 57.7 Å². The number of anilines is 1. The van der Waals surface area contributed by atoms with E-state index < -0.39 is 0 Å². The molecule has 2 rings (SSSR count). The molecule has 22 heavy (non-hydrogen) atoms. The van der Waals surface area contributed by atoms with Gasteiger partial charge in [0, 0.05) is 21.8 Å². The summed E-state index contributed by atoms with van der Waals surface area (Å²) in [6, 6.07) is 5.38. The Bertz CT molecular complexity index is 599. The van der Waals surface area contributed by atoms with Crippen LogP contribution in [0, 0.1) is 0 Å². The van der Waals surface area contributed by atoms with Gasteiger partial charge in [-0.1, -0.05) is 17.7 Å². The molecule has 1 aromatic rings. The van der Waals surface area contributed by atoms with Crippen LogP contribution in [-0.4, -0.2) is 18.5 Å². The van der Waals surface area contributed by atoms with Gasteiger partial charge in [0.2, 0.25) is 0 Å². The zero-order chi connectivity index (χ0) is 15.9. The Morgan fingerprint density at radius 3 is 3.09 bits per heavy atom. The number of nitrogens with zero attached hydrogens (tertiary/aromatic N) is 2. The zero-order valence-electron chi connectivity index (χ0n) is 11.4. The molecule has 0 bridgehead atoms. The van der Waals surface area contributed by atoms with Gasteiger partial charge in [-0.05, 0) is 40.6 Å². The number of hydrogen-bond donors (Lipinski definition) is 4. The molecule has 0 radical (unpaired) electrons. The van der Waals surface area contributed by atoms with E-state index in [9.17, 15) is 4.79 Å². The van der Waals surface area contributed by atoms with Crippen LogP contribution in [0.2, 0.25) is 0 Å². The lowest BCUT2D eigenvalue weighted by atomic mass is 10.3. The number of benzene rings is 1. The molecule has 1 saturated heterocycles. The first-order valence-corrected chi connectivity index (χ1v) is 8.38. The first-order valence-electron chi connectivity index (χ1n) is 6.23. The Balaban J connectivity index is 2.05. The first-order chi connectivity index (χ1) is 10.6. The van der Waals surface area contributed by atoms with Crippen LogP contribution < -0.4 is 26.9 Å². The quantitative estimate of drug-likeness (QED) is 0.184. The van der Waals surface area contributed by atoms with E-state index in [1.54, 1.807) is 11.8 Å². The molecule has 7 nitrogen and oxygen atoms in total. The highest BCUT2D eigenvalue weighted by atomic mass is 79.9. The predicted octanol–water partition coefficient (Wildman–Crippen LogP) is 2.67. The number of urea groups is 1. The number of allylic oxidation sites excluding steroid dienone is 1. The van der Waals surface area contributed by atoms with E-state index >= 15 is 0 Å². The average molecular weight is 406 g/mol. The monoisotopic (exact) mass is 404 g/mol. The molecule has 1 aromatic carbocycles. The second-order valence-corrected chi connectivity index (χ2v) is 6.42. The minimum Gasteiger partial charge on any atom is -0.268 e. The van der Waals surface area contributed by atoms with Gasteiger partial charge in [0.05, 0.1) is 5.69 Å². The highest BCUT2D eigenvalue weighted by Gasteiger charge is 2.24. The van der Waals surface area contributed by atoms with Crippen LogP contribution in [0.4, 0.5) is 10.5 Å². The molecule has 0 aromatic heterocycles. The standard InChI is InChI=1S/C12H14BrClN6OS/c1-15-16-10(14)6-3-7-22-11-8(13)4-2-5-9(11)20-12(21)17-18-19-20/h2,4-6,16,18-19H,1,3,7H2,(H,17,21)/b10-6-. The Labute approximate surface area is 145 Å². The lowest BCUT2D eigenvalue weighted by Crippen LogP contribution is -2.37. The normalized spacial score (nSPS) is 14.9. The molecule has 0 aliphatic carbocycles. The Morgan fingerprint density at radius 1 is 1.59 bits per heavy atom. The molecular formula is C12H14BrClN6OS. The van der Waals surface area contributed by atoms with Crippen molar-refractivity contribution < 1.29 is 4.79 Å². The maximum atomic E-state index is 11.7. The van der Waals surface area contributed by atoms with Crippen molar-refractivity contribution in [1.82, 2.24) is 21.9 Å². The summed E-state index contributed by atoms with van der Waals surface area (Å²) in [6.45, 7) is 3.30. The van der Waals surface area contributed by atoms with Gasteiger partial charge in [0.15, 0.2) is 0 Å². The van der Waals surface area contributed by atoms with Gasteiger partial charge in [0.25, 0.3) is 0 Å². The molecule has 1 aliphatic rings. The van der Waals surface area contributed by atoms with Crippen LogP contribution >= 0.6 is 39.3 Å². The topological polar surface area (TPSA) is 80.8 Å². The summed E-state index contributed by atoms with van der Waals surface area (Å²) in [5.41, 5.74) is 11.1. The molecule has 118 valence electrons. The summed E-state index contributed by atoms with van der Waals surface area (Å²) in [4.78, 5) is 12.7. The number of amides is 2. The lowest BCUT2D eigenvalue weighted by molar-refractivity contribution is 0.250. The molecule has 0 saturated carbocycles. The molecule has 1 fully saturated rings. The van der Waals surface area contributed by atoms with Gasteiger partial charge in [-0.25, -0.2) is 9.80 Å². The second kappa shape index (κ2) is 8.39. The van der Waals surface area contributed by atoms with Crippen LogP contribution in [-0.2, 0) is 0 Å². The van der Waals surface area contributed by atoms with Gasteiger partial charge >= 0.3 is 6.03 Å². The molecule has 0 unspecified atom stereocenters. The van der Waals surface area contributed by atoms with E-state index in [1.807, 2.05) is 24.3 Å². The number of rotatable bonds is 7. The molecule has 4 N–H and O–H groups in total. The summed E-state index contributed by atoms with van der Waals surface area (Å²) in [6.07, 6.45) is 2.56. The Morgan fingerprint density at radius 2 is 2.41 bits per heavy atom. The highest BCUT2D eigenvalue weighted by Crippen LogP contribution is 2.36. The fraction of sp³-hybridized carbons (Fsp3) is 0.167. The van der Waals surface area contributed by atoms with Crippen molar-refractivity contribution in [2.24, 2.45) is 5.10 Å². The molecule has 1 aliphatic heterocycles. The molecule has 2 amide bonds. The Kier molecular flexibility index (Phi) is 6.52. The zero-order valence-corrected chi connectivity index (χ0v) is 14.6. The molecule has 0 atom stereocenters.